The Balaban J connectivity index is 2.98. The van der Waals surface area contributed by atoms with Crippen molar-refractivity contribution < 1.29 is 18.7 Å². The van der Waals surface area contributed by atoms with Gasteiger partial charge in [-0.2, -0.15) is 5.26 Å². The van der Waals surface area contributed by atoms with Crippen molar-refractivity contribution in [1.29, 1.82) is 5.26 Å². The van der Waals surface area contributed by atoms with E-state index in [4.69, 9.17) is 14.3 Å². The van der Waals surface area contributed by atoms with Gasteiger partial charge in [-0.25, -0.2) is 0 Å². The highest BCUT2D eigenvalue weighted by molar-refractivity contribution is 7.54. The summed E-state index contributed by atoms with van der Waals surface area (Å²) >= 11 is 0. The Morgan fingerprint density at radius 2 is 1.78 bits per heavy atom. The average Bonchev–Trinajstić information content (AvgIpc) is 2.38. The fraction of sp³-hybridized carbons (Fsp3) is 0.417. The second kappa shape index (κ2) is 6.67. The Kier molecular flexibility index (Phi) is 5.52. The molecule has 0 amide bonds. The molecule has 5 nitrogen and oxygen atoms in total. The second-order valence-corrected chi connectivity index (χ2v) is 5.57. The van der Waals surface area contributed by atoms with Gasteiger partial charge in [-0.1, -0.05) is 12.1 Å². The van der Waals surface area contributed by atoms with Crippen molar-refractivity contribution in [1.82, 2.24) is 0 Å². The lowest BCUT2D eigenvalue weighted by atomic mass is 10.2. The van der Waals surface area contributed by atoms with Crippen LogP contribution in [0.2, 0.25) is 0 Å². The maximum Gasteiger partial charge on any atom is 0.363 e. The van der Waals surface area contributed by atoms with Gasteiger partial charge in [0.15, 0.2) is 5.85 Å². The minimum absolute atomic E-state index is 0.185. The molecule has 0 fully saturated rings. The molecule has 0 radical (unpaired) electrons. The molecule has 1 aromatic carbocycles. The standard InChI is InChI=1S/C12H16NO4P/c1-3-16-18(15,17-4-2)12(14)11-7-5-10(9-13)6-8-11/h5-8,12,14H,3-4H2,1-2H3/t12-/m0/s1. The lowest BCUT2D eigenvalue weighted by Crippen LogP contribution is -2.06. The van der Waals surface area contributed by atoms with Gasteiger partial charge in [0.1, 0.15) is 0 Å². The van der Waals surface area contributed by atoms with Gasteiger partial charge in [-0.05, 0) is 31.5 Å². The SMILES string of the molecule is CCOP(=O)(OCC)[C@H](O)c1ccc(C#N)cc1. The van der Waals surface area contributed by atoms with Crippen LogP contribution in [0.4, 0.5) is 0 Å². The summed E-state index contributed by atoms with van der Waals surface area (Å²) in [6, 6.07) is 8.13. The molecule has 0 saturated heterocycles. The van der Waals surface area contributed by atoms with Gasteiger partial charge in [0.25, 0.3) is 0 Å². The quantitative estimate of drug-likeness (QED) is 0.803. The van der Waals surface area contributed by atoms with Crippen LogP contribution in [0.25, 0.3) is 0 Å². The first-order valence-electron chi connectivity index (χ1n) is 5.64. The van der Waals surface area contributed by atoms with Crippen LogP contribution in [-0.4, -0.2) is 18.3 Å². The number of hydrogen-bond donors (Lipinski definition) is 1. The zero-order valence-corrected chi connectivity index (χ0v) is 11.3. The molecule has 1 atom stereocenters. The Bertz CT molecular complexity index is 456. The summed E-state index contributed by atoms with van der Waals surface area (Å²) in [5, 5.41) is 18.7. The van der Waals surface area contributed by atoms with Crippen LogP contribution in [0.5, 0.6) is 0 Å². The first-order chi connectivity index (χ1) is 8.57. The van der Waals surface area contributed by atoms with Gasteiger partial charge in [-0.15, -0.1) is 0 Å². The molecular weight excluding hydrogens is 253 g/mol. The molecule has 6 heteroatoms. The van der Waals surface area contributed by atoms with Crippen molar-refractivity contribution in [3.8, 4) is 6.07 Å². The molecule has 0 aliphatic heterocycles. The molecule has 0 bridgehead atoms. The minimum Gasteiger partial charge on any atom is -0.376 e. The van der Waals surface area contributed by atoms with Gasteiger partial charge in [0, 0.05) is 0 Å². The molecular formula is C12H16NO4P. The smallest absolute Gasteiger partial charge is 0.363 e. The van der Waals surface area contributed by atoms with E-state index in [-0.39, 0.29) is 13.2 Å². The number of aliphatic hydroxyl groups is 1. The summed E-state index contributed by atoms with van der Waals surface area (Å²) in [5.41, 5.74) is 0.868. The molecule has 0 saturated carbocycles. The van der Waals surface area contributed by atoms with Crippen molar-refractivity contribution >= 4 is 7.60 Å². The molecule has 0 aromatic heterocycles. The van der Waals surface area contributed by atoms with Gasteiger partial charge in [0.2, 0.25) is 0 Å². The largest absolute Gasteiger partial charge is 0.376 e. The van der Waals surface area contributed by atoms with Gasteiger partial charge in [-0.3, -0.25) is 4.57 Å². The number of nitriles is 1. The van der Waals surface area contributed by atoms with E-state index in [1.54, 1.807) is 26.0 Å². The monoisotopic (exact) mass is 269 g/mol. The maximum atomic E-state index is 12.3. The molecule has 0 heterocycles. The summed E-state index contributed by atoms with van der Waals surface area (Å²) in [6.07, 6.45) is 0. The van der Waals surface area contributed by atoms with Crippen LogP contribution in [0, 0.1) is 11.3 Å². The average molecular weight is 269 g/mol. The Labute approximate surface area is 106 Å². The summed E-state index contributed by atoms with van der Waals surface area (Å²) in [7, 11) is -3.58. The topological polar surface area (TPSA) is 79.6 Å². The lowest BCUT2D eigenvalue weighted by molar-refractivity contribution is 0.150. The van der Waals surface area contributed by atoms with Crippen LogP contribution in [0.3, 0.4) is 0 Å². The van der Waals surface area contributed by atoms with E-state index in [0.29, 0.717) is 11.1 Å². The molecule has 0 aliphatic carbocycles. The fourth-order valence-corrected chi connectivity index (χ4v) is 3.06. The van der Waals surface area contributed by atoms with Crippen LogP contribution >= 0.6 is 7.60 Å². The van der Waals surface area contributed by atoms with E-state index in [9.17, 15) is 9.67 Å². The predicted molar refractivity (Wildman–Crippen MR) is 67.0 cm³/mol. The van der Waals surface area contributed by atoms with Gasteiger partial charge < -0.3 is 14.2 Å². The van der Waals surface area contributed by atoms with E-state index in [0.717, 1.165) is 0 Å². The van der Waals surface area contributed by atoms with E-state index in [1.807, 2.05) is 6.07 Å². The highest BCUT2D eigenvalue weighted by atomic mass is 31.2. The molecule has 1 aromatic rings. The summed E-state index contributed by atoms with van der Waals surface area (Å²) in [4.78, 5) is 0. The van der Waals surface area contributed by atoms with Crippen molar-refractivity contribution in [3.63, 3.8) is 0 Å². The van der Waals surface area contributed by atoms with E-state index >= 15 is 0 Å². The first kappa shape index (κ1) is 14.9. The maximum absolute atomic E-state index is 12.3. The highest BCUT2D eigenvalue weighted by Crippen LogP contribution is 2.59. The Morgan fingerprint density at radius 1 is 1.28 bits per heavy atom. The van der Waals surface area contributed by atoms with E-state index in [2.05, 4.69) is 0 Å². The van der Waals surface area contributed by atoms with Gasteiger partial charge in [0.05, 0.1) is 24.8 Å². The zero-order chi connectivity index (χ0) is 13.6. The van der Waals surface area contributed by atoms with Crippen molar-refractivity contribution in [2.24, 2.45) is 0 Å². The zero-order valence-electron chi connectivity index (χ0n) is 10.4. The normalized spacial score (nSPS) is 13.0. The number of rotatable bonds is 6. The molecule has 1 rings (SSSR count). The highest BCUT2D eigenvalue weighted by Gasteiger charge is 2.35. The van der Waals surface area contributed by atoms with Crippen molar-refractivity contribution in [3.05, 3.63) is 35.4 Å². The third kappa shape index (κ3) is 3.41. The molecule has 1 N–H and O–H groups in total. The summed E-state index contributed by atoms with van der Waals surface area (Å²) in [6.45, 7) is 3.73. The third-order valence-electron chi connectivity index (χ3n) is 2.26. The third-order valence-corrected chi connectivity index (χ3v) is 4.39. The number of aliphatic hydroxyl groups excluding tert-OH is 1. The minimum atomic E-state index is -3.58. The van der Waals surface area contributed by atoms with Crippen molar-refractivity contribution in [2.75, 3.05) is 13.2 Å². The number of nitrogens with zero attached hydrogens (tertiary/aromatic N) is 1. The Morgan fingerprint density at radius 3 is 2.17 bits per heavy atom. The number of benzene rings is 1. The summed E-state index contributed by atoms with van der Waals surface area (Å²) in [5.74, 6) is -1.34. The molecule has 0 unspecified atom stereocenters. The summed E-state index contributed by atoms with van der Waals surface area (Å²) < 4.78 is 22.4. The van der Waals surface area contributed by atoms with Crippen LogP contribution < -0.4 is 0 Å². The van der Waals surface area contributed by atoms with Crippen molar-refractivity contribution in [2.45, 2.75) is 19.7 Å². The first-order valence-corrected chi connectivity index (χ1v) is 7.25. The van der Waals surface area contributed by atoms with Crippen LogP contribution in [-0.2, 0) is 13.6 Å². The molecule has 0 aliphatic rings. The van der Waals surface area contributed by atoms with Crippen LogP contribution in [0.1, 0.15) is 30.8 Å². The van der Waals surface area contributed by atoms with E-state index < -0.39 is 13.4 Å². The molecule has 98 valence electrons. The van der Waals surface area contributed by atoms with E-state index in [1.165, 1.54) is 12.1 Å². The number of hydrogen-bond acceptors (Lipinski definition) is 5. The lowest BCUT2D eigenvalue weighted by Gasteiger charge is -2.22. The molecule has 0 spiro atoms. The second-order valence-electron chi connectivity index (χ2n) is 3.48. The van der Waals surface area contributed by atoms with Crippen LogP contribution in [0.15, 0.2) is 24.3 Å². The fourth-order valence-electron chi connectivity index (χ4n) is 1.45. The Hall–Kier alpha value is -1.18. The predicted octanol–water partition coefficient (Wildman–Crippen LogP) is 2.82. The molecule has 18 heavy (non-hydrogen) atoms. The van der Waals surface area contributed by atoms with Gasteiger partial charge >= 0.3 is 7.60 Å².